The first-order valence-electron chi connectivity index (χ1n) is 6.54. The second-order valence-electron chi connectivity index (χ2n) is 5.49. The highest BCUT2D eigenvalue weighted by Gasteiger charge is 2.25. The van der Waals surface area contributed by atoms with E-state index >= 15 is 0 Å². The van der Waals surface area contributed by atoms with Gasteiger partial charge in [0.15, 0.2) is 0 Å². The summed E-state index contributed by atoms with van der Waals surface area (Å²) in [4.78, 5) is 14.4. The summed E-state index contributed by atoms with van der Waals surface area (Å²) in [5, 5.41) is 0.833. The molecule has 0 aliphatic carbocycles. The quantitative estimate of drug-likeness (QED) is 0.763. The molecule has 2 atom stereocenters. The maximum atomic E-state index is 12.4. The molecule has 0 saturated carbocycles. The summed E-state index contributed by atoms with van der Waals surface area (Å²) in [6.45, 7) is 6.24. The van der Waals surface area contributed by atoms with Crippen molar-refractivity contribution in [1.29, 1.82) is 0 Å². The Morgan fingerprint density at radius 2 is 1.78 bits per heavy atom. The summed E-state index contributed by atoms with van der Waals surface area (Å²) >= 11 is 3.42. The predicted molar refractivity (Wildman–Crippen MR) is 77.9 cm³/mol. The number of nitrogens with zero attached hydrogens (tertiary/aromatic N) is 1. The van der Waals surface area contributed by atoms with Crippen LogP contribution in [0.3, 0.4) is 0 Å². The van der Waals surface area contributed by atoms with E-state index in [0.29, 0.717) is 11.8 Å². The lowest BCUT2D eigenvalue weighted by Crippen LogP contribution is -2.42. The first-order valence-corrected chi connectivity index (χ1v) is 7.66. The van der Waals surface area contributed by atoms with Crippen molar-refractivity contribution in [3.63, 3.8) is 0 Å². The molecule has 98 valence electrons. The predicted octanol–water partition coefficient (Wildman–Crippen LogP) is 3.70. The summed E-state index contributed by atoms with van der Waals surface area (Å²) in [5.74, 6) is 1.40. The zero-order valence-corrected chi connectivity index (χ0v) is 12.6. The Bertz CT molecular complexity index is 405. The zero-order valence-electron chi connectivity index (χ0n) is 11.0. The molecule has 0 N–H and O–H groups in total. The van der Waals surface area contributed by atoms with Crippen molar-refractivity contribution < 1.29 is 4.79 Å². The van der Waals surface area contributed by atoms with Crippen LogP contribution in [0, 0.1) is 11.8 Å². The van der Waals surface area contributed by atoms with Gasteiger partial charge in [0.1, 0.15) is 0 Å². The minimum atomic E-state index is 0.175. The van der Waals surface area contributed by atoms with Gasteiger partial charge in [-0.2, -0.15) is 0 Å². The van der Waals surface area contributed by atoms with Gasteiger partial charge in [-0.3, -0.25) is 4.79 Å². The van der Waals surface area contributed by atoms with E-state index in [4.69, 9.17) is 0 Å². The fraction of sp³-hybridized carbons (Fsp3) is 0.533. The molecule has 1 aliphatic heterocycles. The number of carbonyl (C=O) groups is 1. The first kappa shape index (κ1) is 13.6. The maximum absolute atomic E-state index is 12.4. The van der Waals surface area contributed by atoms with Crippen LogP contribution in [0.1, 0.15) is 36.2 Å². The smallest absolute Gasteiger partial charge is 0.253 e. The van der Waals surface area contributed by atoms with Crippen LogP contribution in [-0.4, -0.2) is 23.9 Å². The minimum absolute atomic E-state index is 0.175. The molecule has 1 fully saturated rings. The lowest BCUT2D eigenvalue weighted by atomic mass is 9.91. The van der Waals surface area contributed by atoms with Gasteiger partial charge in [0, 0.05) is 24.0 Å². The van der Waals surface area contributed by atoms with Crippen LogP contribution < -0.4 is 0 Å². The number of amides is 1. The van der Waals surface area contributed by atoms with E-state index in [1.54, 1.807) is 0 Å². The van der Waals surface area contributed by atoms with E-state index in [-0.39, 0.29) is 5.91 Å². The molecule has 2 nitrogen and oxygen atoms in total. The summed E-state index contributed by atoms with van der Waals surface area (Å²) in [7, 11) is 0. The molecule has 2 rings (SSSR count). The number of rotatable bonds is 2. The Morgan fingerprint density at radius 3 is 2.28 bits per heavy atom. The first-order chi connectivity index (χ1) is 8.60. The van der Waals surface area contributed by atoms with Crippen molar-refractivity contribution in [2.24, 2.45) is 11.8 Å². The zero-order chi connectivity index (χ0) is 13.1. The van der Waals surface area contributed by atoms with Crippen LogP contribution in [0.5, 0.6) is 0 Å². The van der Waals surface area contributed by atoms with E-state index in [9.17, 15) is 4.79 Å². The Hall–Kier alpha value is -0.830. The number of hydrogen-bond donors (Lipinski definition) is 0. The van der Waals surface area contributed by atoms with E-state index in [0.717, 1.165) is 24.0 Å². The average Bonchev–Trinajstić information content (AvgIpc) is 2.37. The number of carbonyl (C=O) groups excluding carboxylic acids is 1. The third-order valence-corrected chi connectivity index (χ3v) is 4.16. The van der Waals surface area contributed by atoms with Gasteiger partial charge in [-0.25, -0.2) is 0 Å². The van der Waals surface area contributed by atoms with Crippen molar-refractivity contribution in [1.82, 2.24) is 4.90 Å². The largest absolute Gasteiger partial charge is 0.338 e. The summed E-state index contributed by atoms with van der Waals surface area (Å²) in [6.07, 6.45) is 1.23. The Morgan fingerprint density at radius 1 is 1.22 bits per heavy atom. The van der Waals surface area contributed by atoms with Gasteiger partial charge in [-0.1, -0.05) is 41.9 Å². The molecule has 1 aromatic rings. The minimum Gasteiger partial charge on any atom is -0.338 e. The van der Waals surface area contributed by atoms with Gasteiger partial charge in [0.25, 0.3) is 5.91 Å². The van der Waals surface area contributed by atoms with Crippen molar-refractivity contribution >= 4 is 21.8 Å². The lowest BCUT2D eigenvalue weighted by molar-refractivity contribution is 0.0623. The number of halogens is 1. The third kappa shape index (κ3) is 3.14. The second-order valence-corrected chi connectivity index (χ2v) is 6.05. The summed E-state index contributed by atoms with van der Waals surface area (Å²) < 4.78 is 0. The van der Waals surface area contributed by atoms with Gasteiger partial charge in [0.2, 0.25) is 0 Å². The number of hydrogen-bond acceptors (Lipinski definition) is 1. The van der Waals surface area contributed by atoms with Gasteiger partial charge < -0.3 is 4.90 Å². The molecular weight excluding hydrogens is 290 g/mol. The van der Waals surface area contributed by atoms with Gasteiger partial charge in [0.05, 0.1) is 0 Å². The fourth-order valence-electron chi connectivity index (χ4n) is 2.75. The Kier molecular flexibility index (Phi) is 4.44. The average molecular weight is 310 g/mol. The van der Waals surface area contributed by atoms with Crippen LogP contribution >= 0.6 is 15.9 Å². The molecule has 1 aliphatic rings. The molecule has 1 amide bonds. The van der Waals surface area contributed by atoms with Crippen LogP contribution in [0.15, 0.2) is 24.3 Å². The van der Waals surface area contributed by atoms with Crippen molar-refractivity contribution in [2.45, 2.75) is 25.6 Å². The van der Waals surface area contributed by atoms with Gasteiger partial charge >= 0.3 is 0 Å². The van der Waals surface area contributed by atoms with E-state index in [1.165, 1.54) is 12.0 Å². The third-order valence-electron chi connectivity index (χ3n) is 3.51. The van der Waals surface area contributed by atoms with Crippen LogP contribution in [0.25, 0.3) is 0 Å². The standard InChI is InChI=1S/C15H20BrNO/c1-11-7-12(2)10-17(9-11)15(18)14-5-3-13(8-16)4-6-14/h3-6,11-12H,7-10H2,1-2H3. The van der Waals surface area contributed by atoms with Crippen LogP contribution in [0.4, 0.5) is 0 Å². The number of piperidine rings is 1. The van der Waals surface area contributed by atoms with Crippen molar-refractivity contribution in [3.05, 3.63) is 35.4 Å². The van der Waals surface area contributed by atoms with Crippen LogP contribution in [0.2, 0.25) is 0 Å². The molecule has 0 spiro atoms. The van der Waals surface area contributed by atoms with E-state index in [1.807, 2.05) is 29.2 Å². The Labute approximate surface area is 117 Å². The molecule has 1 saturated heterocycles. The molecular formula is C15H20BrNO. The molecule has 0 bridgehead atoms. The second kappa shape index (κ2) is 5.87. The fourth-order valence-corrected chi connectivity index (χ4v) is 3.12. The highest BCUT2D eigenvalue weighted by Crippen LogP contribution is 2.22. The highest BCUT2D eigenvalue weighted by atomic mass is 79.9. The SMILES string of the molecule is CC1CC(C)CN(C(=O)c2ccc(CBr)cc2)C1. The van der Waals surface area contributed by atoms with Crippen LogP contribution in [-0.2, 0) is 5.33 Å². The van der Waals surface area contributed by atoms with E-state index < -0.39 is 0 Å². The lowest BCUT2D eigenvalue weighted by Gasteiger charge is -2.35. The molecule has 3 heteroatoms. The van der Waals surface area contributed by atoms with Gasteiger partial charge in [-0.05, 0) is 36.0 Å². The van der Waals surface area contributed by atoms with Crippen molar-refractivity contribution in [2.75, 3.05) is 13.1 Å². The molecule has 18 heavy (non-hydrogen) atoms. The van der Waals surface area contributed by atoms with E-state index in [2.05, 4.69) is 29.8 Å². The Balaban J connectivity index is 2.09. The monoisotopic (exact) mass is 309 g/mol. The molecule has 0 aromatic heterocycles. The molecule has 1 aromatic carbocycles. The molecule has 0 radical (unpaired) electrons. The molecule has 2 unspecified atom stereocenters. The number of benzene rings is 1. The normalized spacial score (nSPS) is 24.1. The summed E-state index contributed by atoms with van der Waals surface area (Å²) in [6, 6.07) is 7.89. The molecule has 1 heterocycles. The number of alkyl halides is 1. The highest BCUT2D eigenvalue weighted by molar-refractivity contribution is 9.08. The van der Waals surface area contributed by atoms with Gasteiger partial charge in [-0.15, -0.1) is 0 Å². The van der Waals surface area contributed by atoms with Crippen molar-refractivity contribution in [3.8, 4) is 0 Å². The maximum Gasteiger partial charge on any atom is 0.253 e. The number of likely N-dealkylation sites (tertiary alicyclic amines) is 1. The topological polar surface area (TPSA) is 20.3 Å². The summed E-state index contributed by atoms with van der Waals surface area (Å²) in [5.41, 5.74) is 2.01.